The van der Waals surface area contributed by atoms with Gasteiger partial charge in [0.25, 0.3) is 0 Å². The lowest BCUT2D eigenvalue weighted by molar-refractivity contribution is 0.192. The van der Waals surface area contributed by atoms with E-state index in [0.29, 0.717) is 6.54 Å². The van der Waals surface area contributed by atoms with Crippen molar-refractivity contribution in [2.24, 2.45) is 0 Å². The molecule has 0 saturated carbocycles. The van der Waals surface area contributed by atoms with Crippen molar-refractivity contribution < 1.29 is 4.79 Å². The van der Waals surface area contributed by atoms with E-state index in [1.54, 1.807) is 24.9 Å². The van der Waals surface area contributed by atoms with Crippen LogP contribution in [0.4, 0.5) is 4.79 Å². The molecule has 0 bridgehead atoms. The normalized spacial score (nSPS) is 16.6. The van der Waals surface area contributed by atoms with E-state index in [1.807, 2.05) is 52.1 Å². The Balaban J connectivity index is 1.46. The molecule has 1 aromatic carbocycles. The summed E-state index contributed by atoms with van der Waals surface area (Å²) in [6, 6.07) is 12.1. The predicted molar refractivity (Wildman–Crippen MR) is 98.7 cm³/mol. The van der Waals surface area contributed by atoms with Gasteiger partial charge in [-0.15, -0.1) is 0 Å². The Hall–Kier alpha value is -3.15. The number of imidazole rings is 1. The Morgan fingerprint density at radius 1 is 1.12 bits per heavy atom. The van der Waals surface area contributed by atoms with E-state index >= 15 is 0 Å². The molecular formula is C20H21N5O. The van der Waals surface area contributed by atoms with Crippen LogP contribution in [-0.4, -0.2) is 32.0 Å². The van der Waals surface area contributed by atoms with Gasteiger partial charge in [0.2, 0.25) is 0 Å². The summed E-state index contributed by atoms with van der Waals surface area (Å²) in [7, 11) is 0. The van der Waals surface area contributed by atoms with E-state index in [0.717, 1.165) is 36.2 Å². The predicted octanol–water partition coefficient (Wildman–Crippen LogP) is 3.31. The van der Waals surface area contributed by atoms with Crippen molar-refractivity contribution in [1.82, 2.24) is 24.8 Å². The van der Waals surface area contributed by atoms with Crippen molar-refractivity contribution in [2.75, 3.05) is 6.54 Å². The fourth-order valence-electron chi connectivity index (χ4n) is 3.53. The van der Waals surface area contributed by atoms with Crippen LogP contribution in [0.1, 0.15) is 30.0 Å². The second kappa shape index (κ2) is 7.39. The first-order valence-corrected chi connectivity index (χ1v) is 8.83. The van der Waals surface area contributed by atoms with Gasteiger partial charge in [-0.2, -0.15) is 0 Å². The quantitative estimate of drug-likeness (QED) is 0.787. The number of carbonyl (C=O) groups is 1. The van der Waals surface area contributed by atoms with Crippen molar-refractivity contribution in [1.29, 1.82) is 0 Å². The number of aromatic nitrogens is 3. The van der Waals surface area contributed by atoms with Crippen LogP contribution in [0.5, 0.6) is 0 Å². The largest absolute Gasteiger partial charge is 0.334 e. The summed E-state index contributed by atoms with van der Waals surface area (Å²) in [6.45, 7) is 1.26. The summed E-state index contributed by atoms with van der Waals surface area (Å²) in [5.41, 5.74) is 3.22. The topological polar surface area (TPSA) is 63.1 Å². The van der Waals surface area contributed by atoms with Gasteiger partial charge in [-0.3, -0.25) is 4.98 Å². The number of urea groups is 1. The molecule has 1 aliphatic heterocycles. The molecule has 2 amide bonds. The van der Waals surface area contributed by atoms with Gasteiger partial charge in [0.05, 0.1) is 18.1 Å². The van der Waals surface area contributed by atoms with Gasteiger partial charge in [0.15, 0.2) is 0 Å². The third-order valence-electron chi connectivity index (χ3n) is 4.81. The summed E-state index contributed by atoms with van der Waals surface area (Å²) in [5, 5.41) is 3.08. The van der Waals surface area contributed by atoms with Crippen LogP contribution in [-0.2, 0) is 6.54 Å². The molecule has 1 unspecified atom stereocenters. The molecule has 1 atom stereocenters. The Bertz CT molecular complexity index is 863. The molecule has 132 valence electrons. The zero-order valence-corrected chi connectivity index (χ0v) is 14.5. The van der Waals surface area contributed by atoms with Crippen LogP contribution in [0.25, 0.3) is 5.69 Å². The lowest BCUT2D eigenvalue weighted by Crippen LogP contribution is -2.39. The molecule has 4 rings (SSSR count). The molecule has 3 heterocycles. The third kappa shape index (κ3) is 3.31. The molecular weight excluding hydrogens is 326 g/mol. The second-order valence-electron chi connectivity index (χ2n) is 6.39. The summed E-state index contributed by atoms with van der Waals surface area (Å²) in [4.78, 5) is 22.9. The first-order chi connectivity index (χ1) is 12.8. The zero-order chi connectivity index (χ0) is 17.8. The Morgan fingerprint density at radius 3 is 2.77 bits per heavy atom. The van der Waals surface area contributed by atoms with Gasteiger partial charge >= 0.3 is 6.03 Å². The highest BCUT2D eigenvalue weighted by molar-refractivity contribution is 5.75. The van der Waals surface area contributed by atoms with E-state index in [-0.39, 0.29) is 12.1 Å². The fraction of sp³-hybridized carbons (Fsp3) is 0.250. The zero-order valence-electron chi connectivity index (χ0n) is 14.5. The van der Waals surface area contributed by atoms with E-state index < -0.39 is 0 Å². The molecule has 26 heavy (non-hydrogen) atoms. The molecule has 1 fully saturated rings. The van der Waals surface area contributed by atoms with Gasteiger partial charge in [-0.1, -0.05) is 18.2 Å². The summed E-state index contributed by atoms with van der Waals surface area (Å²) >= 11 is 0. The molecule has 6 nitrogen and oxygen atoms in total. The minimum absolute atomic E-state index is 0.0234. The number of amides is 2. The van der Waals surface area contributed by atoms with Crippen molar-refractivity contribution in [2.45, 2.75) is 25.4 Å². The standard InChI is InChI=1S/C20H21N5O/c26-20(25-12-3-6-19(25)16-7-9-21-10-8-16)23-14-17-4-1-2-5-18(17)24-13-11-22-15-24/h1-2,4-5,7-11,13,15,19H,3,6,12,14H2,(H,23,26). The van der Waals surface area contributed by atoms with Crippen LogP contribution in [0, 0.1) is 0 Å². The van der Waals surface area contributed by atoms with Gasteiger partial charge < -0.3 is 14.8 Å². The molecule has 1 N–H and O–H groups in total. The van der Waals surface area contributed by atoms with Crippen molar-refractivity contribution in [3.8, 4) is 5.69 Å². The van der Waals surface area contributed by atoms with Crippen molar-refractivity contribution >= 4 is 6.03 Å². The SMILES string of the molecule is O=C(NCc1ccccc1-n1ccnc1)N1CCCC1c1ccncc1. The number of pyridine rings is 1. The molecule has 3 aromatic rings. The Kier molecular flexibility index (Phi) is 4.64. The van der Waals surface area contributed by atoms with Gasteiger partial charge in [-0.25, -0.2) is 9.78 Å². The second-order valence-corrected chi connectivity index (χ2v) is 6.39. The number of nitrogens with one attached hydrogen (secondary N) is 1. The number of rotatable bonds is 4. The number of para-hydroxylation sites is 1. The highest BCUT2D eigenvalue weighted by Gasteiger charge is 2.29. The fourth-order valence-corrected chi connectivity index (χ4v) is 3.53. The molecule has 1 aliphatic rings. The van der Waals surface area contributed by atoms with E-state index in [1.165, 1.54) is 0 Å². The number of hydrogen-bond donors (Lipinski definition) is 1. The highest BCUT2D eigenvalue weighted by Crippen LogP contribution is 2.31. The average Bonchev–Trinajstić information content (AvgIpc) is 3.39. The van der Waals surface area contributed by atoms with E-state index in [4.69, 9.17) is 0 Å². The number of carbonyl (C=O) groups excluding carboxylic acids is 1. The van der Waals surface area contributed by atoms with Gasteiger partial charge in [0, 0.05) is 37.9 Å². The van der Waals surface area contributed by atoms with Crippen LogP contribution in [0.2, 0.25) is 0 Å². The number of hydrogen-bond acceptors (Lipinski definition) is 3. The maximum Gasteiger partial charge on any atom is 0.318 e. The molecule has 2 aromatic heterocycles. The first-order valence-electron chi connectivity index (χ1n) is 8.83. The van der Waals surface area contributed by atoms with E-state index in [2.05, 4.69) is 15.3 Å². The minimum Gasteiger partial charge on any atom is -0.334 e. The molecule has 6 heteroatoms. The lowest BCUT2D eigenvalue weighted by Gasteiger charge is -2.25. The summed E-state index contributed by atoms with van der Waals surface area (Å²) in [5.74, 6) is 0. The monoisotopic (exact) mass is 347 g/mol. The van der Waals surface area contributed by atoms with Gasteiger partial charge in [-0.05, 0) is 42.2 Å². The molecule has 1 saturated heterocycles. The summed E-state index contributed by atoms with van der Waals surface area (Å²) < 4.78 is 1.96. The third-order valence-corrected chi connectivity index (χ3v) is 4.81. The highest BCUT2D eigenvalue weighted by atomic mass is 16.2. The van der Waals surface area contributed by atoms with Crippen LogP contribution >= 0.6 is 0 Å². The number of likely N-dealkylation sites (tertiary alicyclic amines) is 1. The van der Waals surface area contributed by atoms with Crippen molar-refractivity contribution in [3.05, 3.63) is 78.6 Å². The molecule has 0 spiro atoms. The van der Waals surface area contributed by atoms with Gasteiger partial charge in [0.1, 0.15) is 0 Å². The number of nitrogens with zero attached hydrogens (tertiary/aromatic N) is 4. The first kappa shape index (κ1) is 16.3. The Morgan fingerprint density at radius 2 is 1.96 bits per heavy atom. The van der Waals surface area contributed by atoms with E-state index in [9.17, 15) is 4.79 Å². The van der Waals surface area contributed by atoms with Crippen molar-refractivity contribution in [3.63, 3.8) is 0 Å². The molecule has 0 radical (unpaired) electrons. The van der Waals surface area contributed by atoms with Crippen LogP contribution in [0.3, 0.4) is 0 Å². The smallest absolute Gasteiger partial charge is 0.318 e. The minimum atomic E-state index is -0.0234. The maximum atomic E-state index is 12.8. The average molecular weight is 347 g/mol. The summed E-state index contributed by atoms with van der Waals surface area (Å²) in [6.07, 6.45) is 11.0. The Labute approximate surface area is 152 Å². The van der Waals surface area contributed by atoms with Crippen LogP contribution in [0.15, 0.2) is 67.5 Å². The van der Waals surface area contributed by atoms with Crippen LogP contribution < -0.4 is 5.32 Å². The number of benzene rings is 1. The lowest BCUT2D eigenvalue weighted by atomic mass is 10.1. The maximum absolute atomic E-state index is 12.8. The molecule has 0 aliphatic carbocycles.